The average Bonchev–Trinajstić information content (AvgIpc) is 2.78. The minimum atomic E-state index is -0.821. The number of carbonyl (C=O) groups is 3. The Morgan fingerprint density at radius 1 is 1.06 bits per heavy atom. The van der Waals surface area contributed by atoms with Crippen LogP contribution in [0.4, 0.5) is 5.69 Å². The number of nitrogens with one attached hydrogen (secondary N) is 6. The van der Waals surface area contributed by atoms with Crippen molar-refractivity contribution < 1.29 is 14.4 Å². The molecule has 32 heavy (non-hydrogen) atoms. The fraction of sp³-hybridized carbons (Fsp3) is 0.524. The van der Waals surface area contributed by atoms with Crippen molar-refractivity contribution in [2.75, 3.05) is 38.5 Å². The zero-order valence-corrected chi connectivity index (χ0v) is 19.5. The lowest BCUT2D eigenvalue weighted by Gasteiger charge is -2.18. The molecule has 0 fully saturated rings. The van der Waals surface area contributed by atoms with Crippen molar-refractivity contribution >= 4 is 40.5 Å². The highest BCUT2D eigenvalue weighted by molar-refractivity contribution is 7.80. The van der Waals surface area contributed by atoms with Crippen molar-refractivity contribution in [2.45, 2.75) is 38.3 Å². The highest BCUT2D eigenvalue weighted by Crippen LogP contribution is 2.03. The van der Waals surface area contributed by atoms with Crippen LogP contribution in [0.5, 0.6) is 0 Å². The molecule has 0 aliphatic rings. The molecule has 0 saturated carbocycles. The van der Waals surface area contributed by atoms with Crippen molar-refractivity contribution in [2.24, 2.45) is 5.73 Å². The molecule has 0 radical (unpaired) electrons. The summed E-state index contributed by atoms with van der Waals surface area (Å²) in [5.74, 6) is -0.632. The van der Waals surface area contributed by atoms with Crippen molar-refractivity contribution in [1.82, 2.24) is 26.8 Å². The number of rotatable bonds is 16. The normalized spacial score (nSPS) is 12.3. The van der Waals surface area contributed by atoms with Gasteiger partial charge in [0.2, 0.25) is 11.8 Å². The van der Waals surface area contributed by atoms with Crippen LogP contribution in [0.1, 0.15) is 26.2 Å². The number of hydrogen-bond acceptors (Lipinski definition) is 8. The number of amides is 2. The number of Topliss-reactive ketones (excluding diaryl/α,β-unsaturated/α-hetero) is 1. The number of thiocarbonyl (C=S) groups is 1. The Balaban J connectivity index is 2.20. The van der Waals surface area contributed by atoms with Gasteiger partial charge in [0.05, 0.1) is 19.1 Å². The molecule has 2 amide bonds. The van der Waals surface area contributed by atoms with Crippen molar-refractivity contribution in [3.63, 3.8) is 0 Å². The van der Waals surface area contributed by atoms with Gasteiger partial charge in [-0.3, -0.25) is 14.4 Å². The minimum Gasteiger partial charge on any atom is -0.379 e. The molecule has 0 heterocycles. The summed E-state index contributed by atoms with van der Waals surface area (Å²) in [6, 6.07) is 8.62. The van der Waals surface area contributed by atoms with Gasteiger partial charge in [-0.2, -0.15) is 0 Å². The second-order valence-corrected chi connectivity index (χ2v) is 7.71. The van der Waals surface area contributed by atoms with E-state index in [4.69, 9.17) is 18.0 Å². The Labute approximate surface area is 194 Å². The van der Waals surface area contributed by atoms with E-state index in [2.05, 4.69) is 32.1 Å². The first-order valence-electron chi connectivity index (χ1n) is 10.6. The molecule has 178 valence electrons. The first kappa shape index (κ1) is 27.4. The maximum Gasteiger partial charge on any atom is 0.243 e. The standard InChI is InChI=1S/C21H35N7O3S/c1-15(29)17(23-2)10-6-7-11-24-21(31)18(12-22)27-19(30)13-26-28-20(32)14-25-16-8-4-3-5-9-16/h3-5,8-9,17-18,23,25-26H,6-7,10-14,22H2,1-2H3,(H,24,31)(H,27,30)(H,28,32). The van der Waals surface area contributed by atoms with Crippen molar-refractivity contribution in [3.05, 3.63) is 30.3 Å². The van der Waals surface area contributed by atoms with Gasteiger partial charge in [0, 0.05) is 18.8 Å². The van der Waals surface area contributed by atoms with E-state index in [0.29, 0.717) is 24.5 Å². The number of likely N-dealkylation sites (N-methyl/N-ethyl adjacent to an activating group) is 1. The van der Waals surface area contributed by atoms with Crippen LogP contribution in [0.25, 0.3) is 0 Å². The predicted octanol–water partition coefficient (Wildman–Crippen LogP) is -0.573. The third-order valence-corrected chi connectivity index (χ3v) is 4.90. The summed E-state index contributed by atoms with van der Waals surface area (Å²) in [7, 11) is 1.75. The maximum absolute atomic E-state index is 12.2. The first-order valence-corrected chi connectivity index (χ1v) is 11.0. The maximum atomic E-state index is 12.2. The van der Waals surface area contributed by atoms with Gasteiger partial charge in [-0.25, -0.2) is 5.43 Å². The Kier molecular flexibility index (Phi) is 13.8. The van der Waals surface area contributed by atoms with Crippen LogP contribution < -0.4 is 37.9 Å². The van der Waals surface area contributed by atoms with Crippen LogP contribution in [-0.4, -0.2) is 67.9 Å². The Morgan fingerprint density at radius 2 is 1.78 bits per heavy atom. The van der Waals surface area contributed by atoms with E-state index < -0.39 is 6.04 Å². The second kappa shape index (κ2) is 16.1. The number of anilines is 1. The largest absolute Gasteiger partial charge is 0.379 e. The molecule has 11 heteroatoms. The summed E-state index contributed by atoms with van der Waals surface area (Å²) in [6.07, 6.45) is 2.22. The van der Waals surface area contributed by atoms with Crippen LogP contribution in [0.2, 0.25) is 0 Å². The molecule has 1 rings (SSSR count). The second-order valence-electron chi connectivity index (χ2n) is 7.22. The molecular weight excluding hydrogens is 430 g/mol. The SMILES string of the molecule is CNC(CCCCNC(=O)C(CN)NC(=O)CNNC(=S)CNc1ccccc1)C(C)=O. The topological polar surface area (TPSA) is 149 Å². The molecule has 10 nitrogen and oxygen atoms in total. The number of hydrazine groups is 1. The average molecular weight is 466 g/mol. The molecular formula is C21H35N7O3S. The molecule has 2 unspecified atom stereocenters. The van der Waals surface area contributed by atoms with Gasteiger partial charge in [-0.1, -0.05) is 30.4 Å². The van der Waals surface area contributed by atoms with E-state index in [1.54, 1.807) is 14.0 Å². The third kappa shape index (κ3) is 11.7. The summed E-state index contributed by atoms with van der Waals surface area (Å²) in [5, 5.41) is 11.5. The molecule has 0 spiro atoms. The molecule has 8 N–H and O–H groups in total. The summed E-state index contributed by atoms with van der Waals surface area (Å²) < 4.78 is 0. The quantitative estimate of drug-likeness (QED) is 0.0967. The zero-order chi connectivity index (χ0) is 23.8. The van der Waals surface area contributed by atoms with Gasteiger partial charge >= 0.3 is 0 Å². The van der Waals surface area contributed by atoms with E-state index in [9.17, 15) is 14.4 Å². The van der Waals surface area contributed by atoms with Gasteiger partial charge in [0.1, 0.15) is 16.8 Å². The van der Waals surface area contributed by atoms with Crippen LogP contribution in [-0.2, 0) is 14.4 Å². The van der Waals surface area contributed by atoms with Crippen molar-refractivity contribution in [1.29, 1.82) is 0 Å². The van der Waals surface area contributed by atoms with Crippen LogP contribution >= 0.6 is 12.2 Å². The number of benzene rings is 1. The molecule has 0 aliphatic heterocycles. The van der Waals surface area contributed by atoms with Crippen LogP contribution in [0.3, 0.4) is 0 Å². The van der Waals surface area contributed by atoms with Crippen LogP contribution in [0.15, 0.2) is 30.3 Å². The van der Waals surface area contributed by atoms with Gasteiger partial charge in [0.15, 0.2) is 0 Å². The van der Waals surface area contributed by atoms with E-state index in [0.717, 1.165) is 18.5 Å². The van der Waals surface area contributed by atoms with E-state index >= 15 is 0 Å². The van der Waals surface area contributed by atoms with Gasteiger partial charge in [0.25, 0.3) is 0 Å². The summed E-state index contributed by atoms with van der Waals surface area (Å²) in [4.78, 5) is 36.2. The monoisotopic (exact) mass is 465 g/mol. The number of ketones is 1. The number of para-hydroxylation sites is 1. The smallest absolute Gasteiger partial charge is 0.243 e. The molecule has 1 aromatic carbocycles. The number of unbranched alkanes of at least 4 members (excludes halogenated alkanes) is 1. The molecule has 0 saturated heterocycles. The van der Waals surface area contributed by atoms with E-state index in [-0.39, 0.29) is 36.7 Å². The number of nitrogens with two attached hydrogens (primary N) is 1. The Bertz CT molecular complexity index is 733. The summed E-state index contributed by atoms with van der Waals surface area (Å²) in [5.41, 5.74) is 12.1. The lowest BCUT2D eigenvalue weighted by molar-refractivity contribution is -0.128. The third-order valence-electron chi connectivity index (χ3n) is 4.65. The fourth-order valence-corrected chi connectivity index (χ4v) is 2.99. The van der Waals surface area contributed by atoms with Crippen molar-refractivity contribution in [3.8, 4) is 0 Å². The van der Waals surface area contributed by atoms with Gasteiger partial charge < -0.3 is 32.4 Å². The lowest BCUT2D eigenvalue weighted by Crippen LogP contribution is -2.54. The molecule has 1 aromatic rings. The number of hydrogen-bond donors (Lipinski definition) is 7. The highest BCUT2D eigenvalue weighted by Gasteiger charge is 2.18. The predicted molar refractivity (Wildman–Crippen MR) is 130 cm³/mol. The molecule has 0 aromatic heterocycles. The zero-order valence-electron chi connectivity index (χ0n) is 18.7. The number of carbonyl (C=O) groups excluding carboxylic acids is 3. The van der Waals surface area contributed by atoms with E-state index in [1.165, 1.54) is 0 Å². The van der Waals surface area contributed by atoms with E-state index in [1.807, 2.05) is 30.3 Å². The molecule has 0 aliphatic carbocycles. The highest BCUT2D eigenvalue weighted by atomic mass is 32.1. The molecule has 2 atom stereocenters. The Morgan fingerprint density at radius 3 is 2.41 bits per heavy atom. The summed E-state index contributed by atoms with van der Waals surface area (Å²) >= 11 is 5.19. The van der Waals surface area contributed by atoms with Gasteiger partial charge in [-0.05, 0) is 45.4 Å². The minimum absolute atomic E-state index is 0.0173. The molecule has 0 bridgehead atoms. The summed E-state index contributed by atoms with van der Waals surface area (Å²) in [6.45, 7) is 2.31. The Hall–Kier alpha value is -2.60. The first-order chi connectivity index (χ1) is 15.4. The van der Waals surface area contributed by atoms with Gasteiger partial charge in [-0.15, -0.1) is 0 Å². The van der Waals surface area contributed by atoms with Crippen LogP contribution in [0, 0.1) is 0 Å². The fourth-order valence-electron chi connectivity index (χ4n) is 2.84. The lowest BCUT2D eigenvalue weighted by atomic mass is 10.1.